The molecule has 102 valence electrons. The second kappa shape index (κ2) is 9.56. The van der Waals surface area contributed by atoms with Gasteiger partial charge in [-0.3, -0.25) is 0 Å². The Morgan fingerprint density at radius 3 is 1.88 bits per heavy atom. The lowest BCUT2D eigenvalue weighted by Gasteiger charge is -2.28. The molecule has 0 aromatic rings. The number of unbranched alkanes of at least 4 members (excludes halogenated alkanes) is 1. The van der Waals surface area contributed by atoms with Crippen LogP contribution in [-0.2, 0) is 0 Å². The van der Waals surface area contributed by atoms with Crippen LogP contribution >= 0.6 is 0 Å². The molecular formula is C16H33N. The van der Waals surface area contributed by atoms with Gasteiger partial charge in [0.25, 0.3) is 0 Å². The van der Waals surface area contributed by atoms with E-state index in [4.69, 9.17) is 0 Å². The molecule has 0 aromatic heterocycles. The van der Waals surface area contributed by atoms with Crippen LogP contribution in [-0.4, -0.2) is 19.0 Å². The van der Waals surface area contributed by atoms with Gasteiger partial charge in [0.2, 0.25) is 0 Å². The Bertz CT molecular complexity index is 186. The minimum absolute atomic E-state index is 0.908. The number of hydrogen-bond acceptors (Lipinski definition) is 1. The van der Waals surface area contributed by atoms with Crippen LogP contribution in [0.4, 0.5) is 0 Å². The third-order valence-electron chi connectivity index (χ3n) is 3.79. The lowest BCUT2D eigenvalue weighted by molar-refractivity contribution is 0.276. The van der Waals surface area contributed by atoms with Crippen LogP contribution in [0.15, 0.2) is 12.3 Å². The second-order valence-corrected chi connectivity index (χ2v) is 5.79. The van der Waals surface area contributed by atoms with Gasteiger partial charge < -0.3 is 4.90 Å². The molecule has 0 aromatic carbocycles. The molecule has 1 saturated carbocycles. The SMILES string of the molecule is C=C(CC1CCC(C)CC1)N(C)C.CCCC. The maximum atomic E-state index is 4.09. The van der Waals surface area contributed by atoms with Crippen LogP contribution in [0.1, 0.15) is 65.7 Å². The van der Waals surface area contributed by atoms with Gasteiger partial charge in [-0.25, -0.2) is 0 Å². The maximum absolute atomic E-state index is 4.09. The third kappa shape index (κ3) is 8.29. The second-order valence-electron chi connectivity index (χ2n) is 5.79. The molecule has 0 aliphatic heterocycles. The highest BCUT2D eigenvalue weighted by molar-refractivity contribution is 4.93. The van der Waals surface area contributed by atoms with Crippen molar-refractivity contribution in [1.82, 2.24) is 4.90 Å². The van der Waals surface area contributed by atoms with Gasteiger partial charge >= 0.3 is 0 Å². The topological polar surface area (TPSA) is 3.24 Å². The summed E-state index contributed by atoms with van der Waals surface area (Å²) >= 11 is 0. The van der Waals surface area contributed by atoms with Gasteiger partial charge in [0.1, 0.15) is 0 Å². The number of allylic oxidation sites excluding steroid dienone is 1. The van der Waals surface area contributed by atoms with Crippen LogP contribution in [0.25, 0.3) is 0 Å². The molecule has 1 rings (SSSR count). The summed E-state index contributed by atoms with van der Waals surface area (Å²) in [6.45, 7) is 10.8. The van der Waals surface area contributed by atoms with Crippen molar-refractivity contribution in [3.63, 3.8) is 0 Å². The van der Waals surface area contributed by atoms with E-state index < -0.39 is 0 Å². The predicted molar refractivity (Wildman–Crippen MR) is 79.1 cm³/mol. The van der Waals surface area contributed by atoms with E-state index in [1.165, 1.54) is 50.6 Å². The molecule has 17 heavy (non-hydrogen) atoms. The van der Waals surface area contributed by atoms with E-state index in [2.05, 4.69) is 46.3 Å². The monoisotopic (exact) mass is 239 g/mol. The number of nitrogens with zero attached hydrogens (tertiary/aromatic N) is 1. The van der Waals surface area contributed by atoms with E-state index in [9.17, 15) is 0 Å². The van der Waals surface area contributed by atoms with E-state index in [0.717, 1.165) is 11.8 Å². The zero-order valence-electron chi connectivity index (χ0n) is 12.8. The summed E-state index contributed by atoms with van der Waals surface area (Å²) in [5, 5.41) is 0. The molecule has 1 fully saturated rings. The van der Waals surface area contributed by atoms with Gasteiger partial charge in [-0.15, -0.1) is 0 Å². The van der Waals surface area contributed by atoms with E-state index in [1.807, 2.05) is 0 Å². The molecule has 0 bridgehead atoms. The molecular weight excluding hydrogens is 206 g/mol. The molecule has 1 aliphatic rings. The van der Waals surface area contributed by atoms with E-state index in [0.29, 0.717) is 0 Å². The highest BCUT2D eigenvalue weighted by Crippen LogP contribution is 2.32. The Morgan fingerprint density at radius 1 is 1.06 bits per heavy atom. The minimum atomic E-state index is 0.908. The molecule has 1 nitrogen and oxygen atoms in total. The quantitative estimate of drug-likeness (QED) is 0.661. The zero-order chi connectivity index (χ0) is 13.3. The lowest BCUT2D eigenvalue weighted by Crippen LogP contribution is -2.17. The van der Waals surface area contributed by atoms with Crippen LogP contribution in [0.3, 0.4) is 0 Å². The van der Waals surface area contributed by atoms with E-state index >= 15 is 0 Å². The molecule has 0 unspecified atom stereocenters. The summed E-state index contributed by atoms with van der Waals surface area (Å²) in [5.41, 5.74) is 1.29. The Hall–Kier alpha value is -0.460. The molecule has 1 aliphatic carbocycles. The summed E-state index contributed by atoms with van der Waals surface area (Å²) in [5.74, 6) is 1.87. The average molecular weight is 239 g/mol. The number of rotatable bonds is 4. The Kier molecular flexibility index (Phi) is 9.30. The normalized spacial score (nSPS) is 23.6. The smallest absolute Gasteiger partial charge is 0.00579 e. The van der Waals surface area contributed by atoms with Crippen molar-refractivity contribution in [3.8, 4) is 0 Å². The molecule has 0 saturated heterocycles. The van der Waals surface area contributed by atoms with Crippen LogP contribution in [0.2, 0.25) is 0 Å². The standard InChI is InChI=1S/C12H23N.C4H10/c1-10-5-7-12(8-6-10)9-11(2)13(3)4;1-3-4-2/h10,12H,2,5-9H2,1,3-4H3;3-4H2,1-2H3. The molecule has 0 atom stereocenters. The van der Waals surface area contributed by atoms with Gasteiger partial charge in [-0.2, -0.15) is 0 Å². The molecule has 1 heteroatoms. The van der Waals surface area contributed by atoms with Gasteiger partial charge in [0.15, 0.2) is 0 Å². The first kappa shape index (κ1) is 16.5. The first-order chi connectivity index (χ1) is 8.01. The zero-order valence-corrected chi connectivity index (χ0v) is 12.8. The maximum Gasteiger partial charge on any atom is 0.00579 e. The number of hydrogen-bond donors (Lipinski definition) is 0. The van der Waals surface area contributed by atoms with Crippen molar-refractivity contribution >= 4 is 0 Å². The fourth-order valence-electron chi connectivity index (χ4n) is 2.05. The van der Waals surface area contributed by atoms with Crippen molar-refractivity contribution < 1.29 is 0 Å². The van der Waals surface area contributed by atoms with Gasteiger partial charge in [-0.05, 0) is 31.1 Å². The van der Waals surface area contributed by atoms with Crippen LogP contribution in [0.5, 0.6) is 0 Å². The molecule has 0 N–H and O–H groups in total. The molecule has 0 spiro atoms. The summed E-state index contributed by atoms with van der Waals surface area (Å²) in [4.78, 5) is 2.15. The van der Waals surface area contributed by atoms with Gasteiger partial charge in [0, 0.05) is 19.8 Å². The van der Waals surface area contributed by atoms with E-state index in [-0.39, 0.29) is 0 Å². The lowest BCUT2D eigenvalue weighted by atomic mass is 9.81. The first-order valence-corrected chi connectivity index (χ1v) is 7.36. The molecule has 0 amide bonds. The van der Waals surface area contributed by atoms with Gasteiger partial charge in [-0.1, -0.05) is 53.0 Å². The van der Waals surface area contributed by atoms with Crippen LogP contribution < -0.4 is 0 Å². The minimum Gasteiger partial charge on any atom is -0.381 e. The first-order valence-electron chi connectivity index (χ1n) is 7.36. The average Bonchev–Trinajstić information content (AvgIpc) is 2.32. The fourth-order valence-corrected chi connectivity index (χ4v) is 2.05. The summed E-state index contributed by atoms with van der Waals surface area (Å²) < 4.78 is 0. The van der Waals surface area contributed by atoms with Gasteiger partial charge in [0.05, 0.1) is 0 Å². The summed E-state index contributed by atoms with van der Waals surface area (Å²) in [6, 6.07) is 0. The van der Waals surface area contributed by atoms with Crippen molar-refractivity contribution in [2.75, 3.05) is 14.1 Å². The third-order valence-corrected chi connectivity index (χ3v) is 3.79. The van der Waals surface area contributed by atoms with Crippen molar-refractivity contribution in [3.05, 3.63) is 12.3 Å². The van der Waals surface area contributed by atoms with Crippen LogP contribution in [0, 0.1) is 11.8 Å². The summed E-state index contributed by atoms with van der Waals surface area (Å²) in [6.07, 6.45) is 9.51. The molecule has 0 heterocycles. The fraction of sp³-hybridized carbons (Fsp3) is 0.875. The van der Waals surface area contributed by atoms with E-state index in [1.54, 1.807) is 0 Å². The highest BCUT2D eigenvalue weighted by Gasteiger charge is 2.18. The van der Waals surface area contributed by atoms with Crippen molar-refractivity contribution in [2.45, 2.75) is 65.7 Å². The van der Waals surface area contributed by atoms with Crippen molar-refractivity contribution in [2.24, 2.45) is 11.8 Å². The predicted octanol–water partition coefficient (Wildman–Crippen LogP) is 5.08. The molecule has 0 radical (unpaired) electrons. The Labute approximate surface area is 109 Å². The summed E-state index contributed by atoms with van der Waals surface area (Å²) in [7, 11) is 4.18. The van der Waals surface area contributed by atoms with Crippen molar-refractivity contribution in [1.29, 1.82) is 0 Å². The Balaban J connectivity index is 0.000000557. The Morgan fingerprint density at radius 2 is 1.53 bits per heavy atom. The largest absolute Gasteiger partial charge is 0.381 e. The highest BCUT2D eigenvalue weighted by atomic mass is 15.1.